The third-order valence-electron chi connectivity index (χ3n) is 3.50. The molecule has 1 fully saturated rings. The smallest absolute Gasteiger partial charge is 0.150 e. The maximum atomic E-state index is 11.7. The van der Waals surface area contributed by atoms with Gasteiger partial charge in [0.2, 0.25) is 0 Å². The van der Waals surface area contributed by atoms with Gasteiger partial charge in [-0.1, -0.05) is 18.2 Å². The van der Waals surface area contributed by atoms with Gasteiger partial charge in [0.05, 0.1) is 18.6 Å². The molecule has 2 atom stereocenters. The zero-order chi connectivity index (χ0) is 13.2. The minimum absolute atomic E-state index is 0.0138. The molecule has 1 heterocycles. The number of benzene rings is 1. The van der Waals surface area contributed by atoms with Crippen LogP contribution in [0.5, 0.6) is 5.75 Å². The van der Waals surface area contributed by atoms with Crippen molar-refractivity contribution in [2.24, 2.45) is 11.7 Å². The van der Waals surface area contributed by atoms with Crippen molar-refractivity contribution in [3.8, 4) is 5.75 Å². The van der Waals surface area contributed by atoms with Crippen LogP contribution in [0.2, 0.25) is 0 Å². The fraction of sp³-hybridized carbons (Fsp3) is 0.538. The molecule has 2 unspecified atom stereocenters. The molecule has 0 spiro atoms. The van der Waals surface area contributed by atoms with Gasteiger partial charge in [-0.25, -0.2) is 8.42 Å². The number of methoxy groups -OCH3 is 1. The third kappa shape index (κ3) is 2.84. The van der Waals surface area contributed by atoms with Crippen LogP contribution >= 0.6 is 0 Å². The van der Waals surface area contributed by atoms with E-state index in [1.54, 1.807) is 7.11 Å². The Hall–Kier alpha value is -1.07. The lowest BCUT2D eigenvalue weighted by Crippen LogP contribution is -2.33. The Kier molecular flexibility index (Phi) is 3.92. The van der Waals surface area contributed by atoms with Crippen LogP contribution in [0.25, 0.3) is 0 Å². The molecule has 5 heteroatoms. The largest absolute Gasteiger partial charge is 0.496 e. The van der Waals surface area contributed by atoms with Gasteiger partial charge in [0.25, 0.3) is 0 Å². The van der Waals surface area contributed by atoms with Gasteiger partial charge in [0.15, 0.2) is 9.84 Å². The van der Waals surface area contributed by atoms with Gasteiger partial charge in [-0.05, 0) is 24.8 Å². The molecule has 0 aromatic heterocycles. The van der Waals surface area contributed by atoms with Gasteiger partial charge in [-0.15, -0.1) is 0 Å². The zero-order valence-corrected chi connectivity index (χ0v) is 11.3. The molecular weight excluding hydrogens is 250 g/mol. The molecule has 2 N–H and O–H groups in total. The maximum Gasteiger partial charge on any atom is 0.150 e. The lowest BCUT2D eigenvalue weighted by atomic mass is 9.91. The van der Waals surface area contributed by atoms with Gasteiger partial charge in [-0.2, -0.15) is 0 Å². The summed E-state index contributed by atoms with van der Waals surface area (Å²) in [5.74, 6) is 1.20. The van der Waals surface area contributed by atoms with Crippen molar-refractivity contribution in [1.82, 2.24) is 0 Å². The number of sulfone groups is 1. The summed E-state index contributed by atoms with van der Waals surface area (Å²) < 4.78 is 28.6. The molecule has 1 aliphatic heterocycles. The van der Waals surface area contributed by atoms with Crippen LogP contribution in [0, 0.1) is 5.92 Å². The molecule has 0 bridgehead atoms. The second kappa shape index (κ2) is 5.28. The second-order valence-electron chi connectivity index (χ2n) is 4.78. The highest BCUT2D eigenvalue weighted by Gasteiger charge is 2.30. The first kappa shape index (κ1) is 13.4. The van der Waals surface area contributed by atoms with Gasteiger partial charge < -0.3 is 10.5 Å². The summed E-state index contributed by atoms with van der Waals surface area (Å²) in [6.45, 7) is 0. The van der Waals surface area contributed by atoms with E-state index in [1.165, 1.54) is 0 Å². The Morgan fingerprint density at radius 1 is 1.39 bits per heavy atom. The number of nitrogens with two attached hydrogens (primary N) is 1. The molecule has 0 amide bonds. The van der Waals surface area contributed by atoms with Crippen molar-refractivity contribution >= 4 is 9.84 Å². The summed E-state index contributed by atoms with van der Waals surface area (Å²) in [6.07, 6.45) is 1.56. The molecular formula is C13H19NO3S. The number of para-hydroxylation sites is 1. The molecule has 18 heavy (non-hydrogen) atoms. The second-order valence-corrected chi connectivity index (χ2v) is 7.01. The summed E-state index contributed by atoms with van der Waals surface area (Å²) in [5.41, 5.74) is 7.11. The van der Waals surface area contributed by atoms with E-state index in [4.69, 9.17) is 10.5 Å². The highest BCUT2D eigenvalue weighted by molar-refractivity contribution is 7.91. The van der Waals surface area contributed by atoms with Gasteiger partial charge in [0.1, 0.15) is 5.75 Å². The van der Waals surface area contributed by atoms with E-state index < -0.39 is 9.84 Å². The fourth-order valence-corrected chi connectivity index (χ4v) is 4.34. The molecule has 1 aromatic rings. The van der Waals surface area contributed by atoms with E-state index in [0.29, 0.717) is 12.2 Å². The Bertz CT molecular complexity index is 513. The van der Waals surface area contributed by atoms with E-state index >= 15 is 0 Å². The minimum Gasteiger partial charge on any atom is -0.496 e. The average Bonchev–Trinajstić information content (AvgIpc) is 2.36. The number of rotatable bonds is 3. The van der Waals surface area contributed by atoms with Gasteiger partial charge in [0, 0.05) is 11.6 Å². The standard InChI is InChI=1S/C13H19NO3S/c1-17-12-7-3-2-6-11(12)13(14)10-5-4-8-18(15,16)9-10/h2-3,6-7,10,13H,4-5,8-9,14H2,1H3. The van der Waals surface area contributed by atoms with Crippen molar-refractivity contribution in [2.45, 2.75) is 18.9 Å². The third-order valence-corrected chi connectivity index (χ3v) is 5.35. The van der Waals surface area contributed by atoms with E-state index in [-0.39, 0.29) is 17.7 Å². The van der Waals surface area contributed by atoms with Crippen molar-refractivity contribution in [3.63, 3.8) is 0 Å². The average molecular weight is 269 g/mol. The molecule has 0 aliphatic carbocycles. The van der Waals surface area contributed by atoms with Crippen molar-refractivity contribution in [3.05, 3.63) is 29.8 Å². The summed E-state index contributed by atoms with van der Waals surface area (Å²) >= 11 is 0. The summed E-state index contributed by atoms with van der Waals surface area (Å²) in [7, 11) is -1.32. The lowest BCUT2D eigenvalue weighted by Gasteiger charge is -2.28. The predicted octanol–water partition coefficient (Wildman–Crippen LogP) is 1.52. The molecule has 100 valence electrons. The van der Waals surface area contributed by atoms with Crippen LogP contribution in [0.1, 0.15) is 24.4 Å². The van der Waals surface area contributed by atoms with E-state index in [2.05, 4.69) is 0 Å². The first-order chi connectivity index (χ1) is 8.53. The van der Waals surface area contributed by atoms with Crippen LogP contribution in [-0.4, -0.2) is 27.0 Å². The maximum absolute atomic E-state index is 11.7. The summed E-state index contributed by atoms with van der Waals surface area (Å²) in [6, 6.07) is 7.26. The number of hydrogen-bond donors (Lipinski definition) is 1. The van der Waals surface area contributed by atoms with Crippen LogP contribution in [0.3, 0.4) is 0 Å². The SMILES string of the molecule is COc1ccccc1C(N)C1CCCS(=O)(=O)C1. The monoisotopic (exact) mass is 269 g/mol. The molecule has 1 aliphatic rings. The Labute approximate surface area is 108 Å². The van der Waals surface area contributed by atoms with E-state index in [1.807, 2.05) is 24.3 Å². The van der Waals surface area contributed by atoms with Crippen LogP contribution in [0.4, 0.5) is 0 Å². The molecule has 4 nitrogen and oxygen atoms in total. The molecule has 1 aromatic carbocycles. The molecule has 0 saturated carbocycles. The Morgan fingerprint density at radius 3 is 2.78 bits per heavy atom. The normalized spacial score (nSPS) is 24.4. The highest BCUT2D eigenvalue weighted by Crippen LogP contribution is 2.33. The summed E-state index contributed by atoms with van der Waals surface area (Å²) in [4.78, 5) is 0. The first-order valence-electron chi connectivity index (χ1n) is 6.12. The minimum atomic E-state index is -2.93. The fourth-order valence-electron chi connectivity index (χ4n) is 2.54. The quantitative estimate of drug-likeness (QED) is 0.903. The summed E-state index contributed by atoms with van der Waals surface area (Å²) in [5, 5.41) is 0. The Morgan fingerprint density at radius 2 is 2.11 bits per heavy atom. The van der Waals surface area contributed by atoms with E-state index in [0.717, 1.165) is 17.7 Å². The van der Waals surface area contributed by atoms with E-state index in [9.17, 15) is 8.42 Å². The van der Waals surface area contributed by atoms with Crippen molar-refractivity contribution in [1.29, 1.82) is 0 Å². The topological polar surface area (TPSA) is 69.4 Å². The predicted molar refractivity (Wildman–Crippen MR) is 71.3 cm³/mol. The molecule has 2 rings (SSSR count). The van der Waals surface area contributed by atoms with Crippen LogP contribution in [0.15, 0.2) is 24.3 Å². The van der Waals surface area contributed by atoms with Crippen molar-refractivity contribution in [2.75, 3.05) is 18.6 Å². The molecule has 1 saturated heterocycles. The lowest BCUT2D eigenvalue weighted by molar-refractivity contribution is 0.378. The Balaban J connectivity index is 2.23. The highest BCUT2D eigenvalue weighted by atomic mass is 32.2. The van der Waals surface area contributed by atoms with Crippen LogP contribution in [-0.2, 0) is 9.84 Å². The number of hydrogen-bond acceptors (Lipinski definition) is 4. The number of ether oxygens (including phenoxy) is 1. The van der Waals surface area contributed by atoms with Gasteiger partial charge in [-0.3, -0.25) is 0 Å². The molecule has 0 radical (unpaired) electrons. The van der Waals surface area contributed by atoms with Crippen LogP contribution < -0.4 is 10.5 Å². The van der Waals surface area contributed by atoms with Crippen molar-refractivity contribution < 1.29 is 13.2 Å². The zero-order valence-electron chi connectivity index (χ0n) is 10.5. The first-order valence-corrected chi connectivity index (χ1v) is 7.94. The van der Waals surface area contributed by atoms with Gasteiger partial charge >= 0.3 is 0 Å².